The van der Waals surface area contributed by atoms with Crippen molar-refractivity contribution in [3.05, 3.63) is 0 Å². The summed E-state index contributed by atoms with van der Waals surface area (Å²) in [5, 5.41) is 11.7. The number of carbonyl (C=O) groups is 2. The SMILES string of the molecule is CCCC(NCC(=O)N(C)CC1CC1)C(=O)O. The zero-order valence-electron chi connectivity index (χ0n) is 10.6. The lowest BCUT2D eigenvalue weighted by molar-refractivity contribution is -0.140. The number of rotatable bonds is 8. The molecule has 0 saturated heterocycles. The van der Waals surface area contributed by atoms with Crippen LogP contribution in [0.25, 0.3) is 0 Å². The highest BCUT2D eigenvalue weighted by Gasteiger charge is 2.25. The van der Waals surface area contributed by atoms with Gasteiger partial charge in [0, 0.05) is 13.6 Å². The summed E-state index contributed by atoms with van der Waals surface area (Å²) < 4.78 is 0. The molecule has 1 rings (SSSR count). The van der Waals surface area contributed by atoms with E-state index in [0.29, 0.717) is 12.3 Å². The number of carboxylic acids is 1. The van der Waals surface area contributed by atoms with Crippen molar-refractivity contribution < 1.29 is 14.7 Å². The van der Waals surface area contributed by atoms with E-state index in [1.54, 1.807) is 11.9 Å². The van der Waals surface area contributed by atoms with E-state index < -0.39 is 12.0 Å². The third-order valence-electron chi connectivity index (χ3n) is 3.03. The average Bonchev–Trinajstić information content (AvgIpc) is 3.07. The predicted molar refractivity (Wildman–Crippen MR) is 64.7 cm³/mol. The molecule has 0 aromatic rings. The van der Waals surface area contributed by atoms with Gasteiger partial charge in [-0.25, -0.2) is 0 Å². The number of nitrogens with zero attached hydrogens (tertiary/aromatic N) is 1. The molecule has 1 amide bonds. The molecular weight excluding hydrogens is 220 g/mol. The minimum absolute atomic E-state index is 0.0285. The molecule has 17 heavy (non-hydrogen) atoms. The number of amides is 1. The van der Waals surface area contributed by atoms with E-state index in [4.69, 9.17) is 5.11 Å². The second-order valence-electron chi connectivity index (χ2n) is 4.78. The van der Waals surface area contributed by atoms with Crippen LogP contribution >= 0.6 is 0 Å². The molecule has 2 N–H and O–H groups in total. The highest BCUT2D eigenvalue weighted by Crippen LogP contribution is 2.29. The lowest BCUT2D eigenvalue weighted by Crippen LogP contribution is -2.44. The molecule has 0 spiro atoms. The topological polar surface area (TPSA) is 69.6 Å². The van der Waals surface area contributed by atoms with Crippen LogP contribution in [0, 0.1) is 5.92 Å². The summed E-state index contributed by atoms with van der Waals surface area (Å²) in [6.45, 7) is 2.84. The quantitative estimate of drug-likeness (QED) is 0.657. The van der Waals surface area contributed by atoms with Gasteiger partial charge in [0.2, 0.25) is 5.91 Å². The molecule has 5 nitrogen and oxygen atoms in total. The van der Waals surface area contributed by atoms with Crippen molar-refractivity contribution in [3.8, 4) is 0 Å². The van der Waals surface area contributed by atoms with Crippen molar-refractivity contribution in [2.24, 2.45) is 5.92 Å². The standard InChI is InChI=1S/C12H22N2O3/c1-3-4-10(12(16)17)13-7-11(15)14(2)8-9-5-6-9/h9-10,13H,3-8H2,1-2H3,(H,16,17). The van der Waals surface area contributed by atoms with Crippen LogP contribution in [0.15, 0.2) is 0 Å². The smallest absolute Gasteiger partial charge is 0.320 e. The molecule has 0 radical (unpaired) electrons. The Balaban J connectivity index is 2.26. The van der Waals surface area contributed by atoms with Crippen molar-refractivity contribution in [1.82, 2.24) is 10.2 Å². The normalized spacial score (nSPS) is 16.6. The third-order valence-corrected chi connectivity index (χ3v) is 3.03. The summed E-state index contributed by atoms with van der Waals surface area (Å²) in [5.74, 6) is -0.251. The second-order valence-corrected chi connectivity index (χ2v) is 4.78. The highest BCUT2D eigenvalue weighted by atomic mass is 16.4. The van der Waals surface area contributed by atoms with Gasteiger partial charge in [-0.05, 0) is 25.2 Å². The molecule has 1 fully saturated rings. The van der Waals surface area contributed by atoms with Crippen LogP contribution in [-0.4, -0.2) is 48.1 Å². The van der Waals surface area contributed by atoms with E-state index in [0.717, 1.165) is 13.0 Å². The molecule has 5 heteroatoms. The minimum Gasteiger partial charge on any atom is -0.480 e. The molecule has 0 aliphatic heterocycles. The lowest BCUT2D eigenvalue weighted by Gasteiger charge is -2.19. The summed E-state index contributed by atoms with van der Waals surface area (Å²) in [6, 6.07) is -0.613. The first-order valence-electron chi connectivity index (χ1n) is 6.24. The maximum absolute atomic E-state index is 11.7. The maximum atomic E-state index is 11.7. The lowest BCUT2D eigenvalue weighted by atomic mass is 10.1. The Morgan fingerprint density at radius 3 is 2.59 bits per heavy atom. The highest BCUT2D eigenvalue weighted by molar-refractivity contribution is 5.79. The fourth-order valence-electron chi connectivity index (χ4n) is 1.74. The van der Waals surface area contributed by atoms with Crippen molar-refractivity contribution in [2.75, 3.05) is 20.1 Å². The molecular formula is C12H22N2O3. The number of hydrogen-bond donors (Lipinski definition) is 2. The Morgan fingerprint density at radius 1 is 1.47 bits per heavy atom. The van der Waals surface area contributed by atoms with Gasteiger partial charge < -0.3 is 10.0 Å². The zero-order valence-corrected chi connectivity index (χ0v) is 10.6. The number of nitrogens with one attached hydrogen (secondary N) is 1. The number of carbonyl (C=O) groups excluding carboxylic acids is 1. The van der Waals surface area contributed by atoms with Gasteiger partial charge in [0.1, 0.15) is 6.04 Å². The Kier molecular flexibility index (Phi) is 5.41. The van der Waals surface area contributed by atoms with Crippen molar-refractivity contribution in [1.29, 1.82) is 0 Å². The van der Waals surface area contributed by atoms with Gasteiger partial charge in [-0.15, -0.1) is 0 Å². The first kappa shape index (κ1) is 14.0. The summed E-state index contributed by atoms with van der Waals surface area (Å²) in [5.41, 5.74) is 0. The van der Waals surface area contributed by atoms with Crippen molar-refractivity contribution >= 4 is 11.9 Å². The van der Waals surface area contributed by atoms with E-state index in [1.165, 1.54) is 12.8 Å². The molecule has 1 atom stereocenters. The fourth-order valence-corrected chi connectivity index (χ4v) is 1.74. The largest absolute Gasteiger partial charge is 0.480 e. The number of likely N-dealkylation sites (N-methyl/N-ethyl adjacent to an activating group) is 1. The first-order valence-corrected chi connectivity index (χ1v) is 6.24. The molecule has 0 aromatic carbocycles. The van der Waals surface area contributed by atoms with Crippen LogP contribution < -0.4 is 5.32 Å². The van der Waals surface area contributed by atoms with Crippen LogP contribution in [0.3, 0.4) is 0 Å². The minimum atomic E-state index is -0.885. The second kappa shape index (κ2) is 6.59. The maximum Gasteiger partial charge on any atom is 0.320 e. The fraction of sp³-hybridized carbons (Fsp3) is 0.833. The number of carboxylic acid groups (broad SMARTS) is 1. The molecule has 0 bridgehead atoms. The summed E-state index contributed by atoms with van der Waals surface area (Å²) in [7, 11) is 1.78. The molecule has 1 saturated carbocycles. The Hall–Kier alpha value is -1.10. The van der Waals surface area contributed by atoms with Gasteiger partial charge in [-0.3, -0.25) is 14.9 Å². The Bertz CT molecular complexity index is 277. The van der Waals surface area contributed by atoms with Crippen LogP contribution in [0.4, 0.5) is 0 Å². The van der Waals surface area contributed by atoms with Gasteiger partial charge in [0.05, 0.1) is 6.54 Å². The molecule has 1 aliphatic carbocycles. The number of aliphatic carboxylic acids is 1. The van der Waals surface area contributed by atoms with Crippen LogP contribution in [0.2, 0.25) is 0 Å². The predicted octanol–water partition coefficient (Wildman–Crippen LogP) is 0.698. The van der Waals surface area contributed by atoms with E-state index in [9.17, 15) is 9.59 Å². The van der Waals surface area contributed by atoms with Crippen LogP contribution in [-0.2, 0) is 9.59 Å². The van der Waals surface area contributed by atoms with Gasteiger partial charge in [-0.1, -0.05) is 13.3 Å². The number of hydrogen-bond acceptors (Lipinski definition) is 3. The van der Waals surface area contributed by atoms with E-state index in [-0.39, 0.29) is 12.5 Å². The van der Waals surface area contributed by atoms with Gasteiger partial charge in [0.25, 0.3) is 0 Å². The summed E-state index contributed by atoms with van der Waals surface area (Å²) in [6.07, 6.45) is 3.75. The van der Waals surface area contributed by atoms with E-state index in [1.807, 2.05) is 6.92 Å². The molecule has 1 aliphatic rings. The van der Waals surface area contributed by atoms with Gasteiger partial charge >= 0.3 is 5.97 Å². The molecule has 1 unspecified atom stereocenters. The zero-order chi connectivity index (χ0) is 12.8. The Morgan fingerprint density at radius 2 is 2.12 bits per heavy atom. The van der Waals surface area contributed by atoms with E-state index in [2.05, 4.69) is 5.32 Å². The summed E-state index contributed by atoms with van der Waals surface area (Å²) >= 11 is 0. The van der Waals surface area contributed by atoms with Crippen molar-refractivity contribution in [3.63, 3.8) is 0 Å². The van der Waals surface area contributed by atoms with Gasteiger partial charge in [0.15, 0.2) is 0 Å². The molecule has 0 aromatic heterocycles. The van der Waals surface area contributed by atoms with E-state index >= 15 is 0 Å². The van der Waals surface area contributed by atoms with Crippen LogP contribution in [0.1, 0.15) is 32.6 Å². The first-order chi connectivity index (χ1) is 8.04. The molecule has 0 heterocycles. The summed E-state index contributed by atoms with van der Waals surface area (Å²) in [4.78, 5) is 24.3. The van der Waals surface area contributed by atoms with Gasteiger partial charge in [-0.2, -0.15) is 0 Å². The Labute approximate surface area is 102 Å². The van der Waals surface area contributed by atoms with Crippen LogP contribution in [0.5, 0.6) is 0 Å². The average molecular weight is 242 g/mol. The monoisotopic (exact) mass is 242 g/mol. The third kappa shape index (κ3) is 5.17. The van der Waals surface area contributed by atoms with Crippen molar-refractivity contribution in [2.45, 2.75) is 38.6 Å². The molecule has 98 valence electrons.